The second kappa shape index (κ2) is 5.98. The number of fused-ring (bicyclic) bond motifs is 1. The van der Waals surface area contributed by atoms with Crippen molar-refractivity contribution >= 4 is 38.6 Å². The minimum Gasteiger partial charge on any atom is -0.323 e. The summed E-state index contributed by atoms with van der Waals surface area (Å²) >= 11 is 9.52. The Morgan fingerprint density at radius 3 is 2.60 bits per heavy atom. The number of benzene rings is 2. The summed E-state index contributed by atoms with van der Waals surface area (Å²) in [6.45, 7) is 0.800. The summed E-state index contributed by atoms with van der Waals surface area (Å²) in [7, 11) is 0. The first-order valence-corrected chi connectivity index (χ1v) is 7.86. The lowest BCUT2D eigenvalue weighted by Gasteiger charge is -2.10. The van der Waals surface area contributed by atoms with Crippen LogP contribution < -0.4 is 0 Å². The highest BCUT2D eigenvalue weighted by atomic mass is 79.9. The summed E-state index contributed by atoms with van der Waals surface area (Å²) in [6, 6.07) is 16.5. The van der Waals surface area contributed by atoms with Crippen LogP contribution in [0.2, 0.25) is 0 Å². The number of aromatic nitrogens is 2. The number of rotatable bonds is 4. The molecule has 0 aliphatic heterocycles. The molecular weight excluding hydrogens is 336 g/mol. The second-order valence-corrected chi connectivity index (χ2v) is 5.87. The van der Waals surface area contributed by atoms with Crippen LogP contribution in [0.4, 0.5) is 0 Å². The predicted molar refractivity (Wildman–Crippen MR) is 87.4 cm³/mol. The molecule has 1 aromatic heterocycles. The molecule has 1 heterocycles. The van der Waals surface area contributed by atoms with E-state index in [1.165, 1.54) is 5.56 Å². The maximum absolute atomic E-state index is 5.91. The fourth-order valence-corrected chi connectivity index (χ4v) is 2.95. The molecule has 0 N–H and O–H groups in total. The lowest BCUT2D eigenvalue weighted by molar-refractivity contribution is 0.752. The van der Waals surface area contributed by atoms with Gasteiger partial charge in [0.25, 0.3) is 0 Å². The zero-order chi connectivity index (χ0) is 13.9. The van der Waals surface area contributed by atoms with Gasteiger partial charge in [-0.1, -0.05) is 46.3 Å². The summed E-state index contributed by atoms with van der Waals surface area (Å²) in [5.74, 6) is 1.62. The predicted octanol–water partition coefficient (Wildman–Crippen LogP) is 4.63. The Labute approximate surface area is 131 Å². The van der Waals surface area contributed by atoms with E-state index in [4.69, 9.17) is 16.6 Å². The number of hydrogen-bond donors (Lipinski definition) is 0. The van der Waals surface area contributed by atoms with Crippen molar-refractivity contribution in [2.75, 3.05) is 5.88 Å². The van der Waals surface area contributed by atoms with Gasteiger partial charge < -0.3 is 4.57 Å². The topological polar surface area (TPSA) is 17.8 Å². The zero-order valence-corrected chi connectivity index (χ0v) is 13.2. The number of hydrogen-bond acceptors (Lipinski definition) is 1. The Kier molecular flexibility index (Phi) is 4.08. The van der Waals surface area contributed by atoms with E-state index in [9.17, 15) is 0 Å². The molecule has 102 valence electrons. The van der Waals surface area contributed by atoms with Crippen molar-refractivity contribution in [1.82, 2.24) is 9.55 Å². The molecule has 2 aromatic carbocycles. The van der Waals surface area contributed by atoms with Crippen LogP contribution in [-0.4, -0.2) is 15.4 Å². The van der Waals surface area contributed by atoms with Gasteiger partial charge in [0.1, 0.15) is 5.82 Å². The van der Waals surface area contributed by atoms with E-state index >= 15 is 0 Å². The number of para-hydroxylation sites is 2. The molecule has 3 aromatic rings. The van der Waals surface area contributed by atoms with E-state index in [1.807, 2.05) is 24.3 Å². The molecule has 0 saturated heterocycles. The lowest BCUT2D eigenvalue weighted by Crippen LogP contribution is -2.06. The van der Waals surface area contributed by atoms with Gasteiger partial charge >= 0.3 is 0 Å². The van der Waals surface area contributed by atoms with Crippen molar-refractivity contribution in [2.45, 2.75) is 13.0 Å². The summed E-state index contributed by atoms with van der Waals surface area (Å²) < 4.78 is 3.37. The van der Waals surface area contributed by atoms with Gasteiger partial charge in [-0.25, -0.2) is 4.98 Å². The summed E-state index contributed by atoms with van der Waals surface area (Å²) in [5, 5.41) is 0. The molecule has 4 heteroatoms. The van der Waals surface area contributed by atoms with Crippen molar-refractivity contribution in [3.05, 3.63) is 64.4 Å². The Bertz CT molecular complexity index is 736. The third kappa shape index (κ3) is 2.60. The van der Waals surface area contributed by atoms with Gasteiger partial charge in [0.2, 0.25) is 0 Å². The molecule has 0 saturated carbocycles. The van der Waals surface area contributed by atoms with E-state index in [0.717, 1.165) is 34.3 Å². The first kappa shape index (κ1) is 13.7. The SMILES string of the molecule is ClCCc1nc2ccccc2n1Cc1ccccc1Br. The number of alkyl halides is 1. The lowest BCUT2D eigenvalue weighted by atomic mass is 10.2. The van der Waals surface area contributed by atoms with Crippen molar-refractivity contribution in [1.29, 1.82) is 0 Å². The average molecular weight is 350 g/mol. The largest absolute Gasteiger partial charge is 0.323 e. The van der Waals surface area contributed by atoms with Crippen LogP contribution in [-0.2, 0) is 13.0 Å². The number of imidazole rings is 1. The summed E-state index contributed by atoms with van der Waals surface area (Å²) in [5.41, 5.74) is 3.43. The highest BCUT2D eigenvalue weighted by Gasteiger charge is 2.11. The van der Waals surface area contributed by atoms with E-state index in [1.54, 1.807) is 0 Å². The fourth-order valence-electron chi connectivity index (χ4n) is 2.37. The Hall–Kier alpha value is -1.32. The van der Waals surface area contributed by atoms with Gasteiger partial charge in [0.15, 0.2) is 0 Å². The monoisotopic (exact) mass is 348 g/mol. The van der Waals surface area contributed by atoms with Crippen LogP contribution >= 0.6 is 27.5 Å². The quantitative estimate of drug-likeness (QED) is 0.628. The van der Waals surface area contributed by atoms with E-state index in [-0.39, 0.29) is 0 Å². The molecule has 0 spiro atoms. The highest BCUT2D eigenvalue weighted by Crippen LogP contribution is 2.22. The summed E-state index contributed by atoms with van der Waals surface area (Å²) in [6.07, 6.45) is 0.778. The van der Waals surface area contributed by atoms with Crippen LogP contribution in [0.15, 0.2) is 53.0 Å². The number of nitrogens with zero attached hydrogens (tertiary/aromatic N) is 2. The van der Waals surface area contributed by atoms with Gasteiger partial charge in [-0.2, -0.15) is 0 Å². The fraction of sp³-hybridized carbons (Fsp3) is 0.188. The molecule has 0 amide bonds. The molecule has 0 radical (unpaired) electrons. The van der Waals surface area contributed by atoms with Crippen LogP contribution in [0.1, 0.15) is 11.4 Å². The zero-order valence-electron chi connectivity index (χ0n) is 10.9. The van der Waals surface area contributed by atoms with Crippen LogP contribution in [0.3, 0.4) is 0 Å². The Morgan fingerprint density at radius 2 is 1.80 bits per heavy atom. The Balaban J connectivity index is 2.09. The average Bonchev–Trinajstić information content (AvgIpc) is 2.80. The van der Waals surface area contributed by atoms with Crippen molar-refractivity contribution in [3.63, 3.8) is 0 Å². The van der Waals surface area contributed by atoms with Gasteiger partial charge in [-0.15, -0.1) is 11.6 Å². The second-order valence-electron chi connectivity index (χ2n) is 4.63. The molecule has 0 aliphatic carbocycles. The molecule has 2 nitrogen and oxygen atoms in total. The number of aryl methyl sites for hydroxylation is 1. The molecule has 20 heavy (non-hydrogen) atoms. The van der Waals surface area contributed by atoms with Crippen molar-refractivity contribution in [2.24, 2.45) is 0 Å². The van der Waals surface area contributed by atoms with E-state index < -0.39 is 0 Å². The molecule has 0 fully saturated rings. The maximum atomic E-state index is 5.91. The van der Waals surface area contributed by atoms with Gasteiger partial charge in [0.05, 0.1) is 17.6 Å². The normalized spacial score (nSPS) is 11.1. The third-order valence-corrected chi connectivity index (χ3v) is 4.30. The van der Waals surface area contributed by atoms with Crippen molar-refractivity contribution in [3.8, 4) is 0 Å². The first-order valence-electron chi connectivity index (χ1n) is 6.53. The Morgan fingerprint density at radius 1 is 1.05 bits per heavy atom. The van der Waals surface area contributed by atoms with Gasteiger partial charge in [-0.3, -0.25) is 0 Å². The van der Waals surface area contributed by atoms with Gasteiger partial charge in [0, 0.05) is 16.8 Å². The standard InChI is InChI=1S/C16H14BrClN2/c17-13-6-2-1-5-12(13)11-20-15-8-4-3-7-14(15)19-16(20)9-10-18/h1-8H,9-11H2. The third-order valence-electron chi connectivity index (χ3n) is 3.34. The minimum atomic E-state index is 0.583. The molecule has 0 unspecified atom stereocenters. The van der Waals surface area contributed by atoms with Crippen LogP contribution in [0, 0.1) is 0 Å². The highest BCUT2D eigenvalue weighted by molar-refractivity contribution is 9.10. The molecule has 3 rings (SSSR count). The first-order chi connectivity index (χ1) is 9.79. The van der Waals surface area contributed by atoms with Crippen molar-refractivity contribution < 1.29 is 0 Å². The smallest absolute Gasteiger partial charge is 0.111 e. The molecule has 0 bridgehead atoms. The molecule has 0 atom stereocenters. The van der Waals surface area contributed by atoms with Crippen LogP contribution in [0.5, 0.6) is 0 Å². The van der Waals surface area contributed by atoms with Gasteiger partial charge in [-0.05, 0) is 23.8 Å². The minimum absolute atomic E-state index is 0.583. The molecule has 0 aliphatic rings. The summed E-state index contributed by atoms with van der Waals surface area (Å²) in [4.78, 5) is 4.69. The van der Waals surface area contributed by atoms with E-state index in [0.29, 0.717) is 5.88 Å². The maximum Gasteiger partial charge on any atom is 0.111 e. The number of halogens is 2. The van der Waals surface area contributed by atoms with Crippen LogP contribution in [0.25, 0.3) is 11.0 Å². The van der Waals surface area contributed by atoms with E-state index in [2.05, 4.69) is 44.8 Å². The molecular formula is C16H14BrClN2.